The molecule has 0 aromatic rings. The first-order chi connectivity index (χ1) is 7.32. The number of carbonyl (C=O) groups excluding carboxylic acids is 1. The van der Waals surface area contributed by atoms with Crippen molar-refractivity contribution in [3.05, 3.63) is 0 Å². The third-order valence-electron chi connectivity index (χ3n) is 1.56. The highest BCUT2D eigenvalue weighted by molar-refractivity contribution is 5.87. The molecule has 0 saturated carbocycles. The molecule has 0 bridgehead atoms. The Bertz CT molecular complexity index is 275. The second kappa shape index (κ2) is 6.78. The third-order valence-corrected chi connectivity index (χ3v) is 1.56. The average molecular weight is 233 g/mol. The lowest BCUT2D eigenvalue weighted by atomic mass is 10.2. The van der Waals surface area contributed by atoms with Crippen molar-refractivity contribution in [2.45, 2.75) is 32.4 Å². The van der Waals surface area contributed by atoms with Gasteiger partial charge in [0.25, 0.3) is 0 Å². The summed E-state index contributed by atoms with van der Waals surface area (Å²) in [4.78, 5) is 32.1. The highest BCUT2D eigenvalue weighted by Gasteiger charge is 2.22. The first-order valence-corrected chi connectivity index (χ1v) is 4.68. The van der Waals surface area contributed by atoms with Gasteiger partial charge < -0.3 is 20.3 Å². The summed E-state index contributed by atoms with van der Waals surface area (Å²) in [5.74, 6) is -3.33. The Morgan fingerprint density at radius 1 is 1.25 bits per heavy atom. The van der Waals surface area contributed by atoms with Crippen LogP contribution >= 0.6 is 0 Å². The van der Waals surface area contributed by atoms with Crippen molar-refractivity contribution >= 4 is 17.8 Å². The van der Waals surface area contributed by atoms with Gasteiger partial charge in [-0.3, -0.25) is 9.59 Å². The number of hydrogen-bond acceptors (Lipinski definition) is 4. The van der Waals surface area contributed by atoms with Crippen LogP contribution in [0.5, 0.6) is 0 Å². The first-order valence-electron chi connectivity index (χ1n) is 4.68. The summed E-state index contributed by atoms with van der Waals surface area (Å²) in [6.45, 7) is 3.15. The molecule has 0 aromatic carbocycles. The summed E-state index contributed by atoms with van der Waals surface area (Å²) < 4.78 is 4.94. The molecule has 0 aliphatic carbocycles. The predicted octanol–water partition coefficient (Wildman–Crippen LogP) is -0.544. The van der Waals surface area contributed by atoms with Gasteiger partial charge in [0.15, 0.2) is 0 Å². The quantitative estimate of drug-likeness (QED) is 0.544. The SMILES string of the molecule is CC(C)OCC(=O)NC(CC(=O)O)C(=O)O. The maximum Gasteiger partial charge on any atom is 0.326 e. The number of ether oxygens (including phenoxy) is 1. The molecule has 0 aromatic heterocycles. The Hall–Kier alpha value is -1.63. The minimum Gasteiger partial charge on any atom is -0.481 e. The van der Waals surface area contributed by atoms with E-state index in [1.54, 1.807) is 13.8 Å². The minimum absolute atomic E-state index is 0.159. The fourth-order valence-corrected chi connectivity index (χ4v) is 0.853. The standard InChI is InChI=1S/C9H15NO6/c1-5(2)16-4-7(11)10-6(9(14)15)3-8(12)13/h5-6H,3-4H2,1-2H3,(H,10,11)(H,12,13)(H,14,15). The number of hydrogen-bond donors (Lipinski definition) is 3. The van der Waals surface area contributed by atoms with Crippen LogP contribution in [0.2, 0.25) is 0 Å². The van der Waals surface area contributed by atoms with Crippen molar-refractivity contribution in [1.29, 1.82) is 0 Å². The summed E-state index contributed by atoms with van der Waals surface area (Å²) in [5, 5.41) is 19.1. The number of amides is 1. The largest absolute Gasteiger partial charge is 0.481 e. The molecule has 0 aliphatic heterocycles. The van der Waals surface area contributed by atoms with E-state index in [1.807, 2.05) is 0 Å². The van der Waals surface area contributed by atoms with Gasteiger partial charge in [0.2, 0.25) is 5.91 Å². The molecule has 1 amide bonds. The van der Waals surface area contributed by atoms with E-state index in [0.29, 0.717) is 0 Å². The van der Waals surface area contributed by atoms with Gasteiger partial charge in [0.05, 0.1) is 12.5 Å². The van der Waals surface area contributed by atoms with Crippen LogP contribution in [0, 0.1) is 0 Å². The molecule has 0 saturated heterocycles. The van der Waals surface area contributed by atoms with E-state index in [1.165, 1.54) is 0 Å². The predicted molar refractivity (Wildman–Crippen MR) is 52.9 cm³/mol. The van der Waals surface area contributed by atoms with Crippen LogP contribution < -0.4 is 5.32 Å². The Morgan fingerprint density at radius 2 is 1.81 bits per heavy atom. The van der Waals surface area contributed by atoms with Crippen LogP contribution in [-0.4, -0.2) is 46.8 Å². The lowest BCUT2D eigenvalue weighted by Crippen LogP contribution is -2.44. The van der Waals surface area contributed by atoms with E-state index >= 15 is 0 Å². The Kier molecular flexibility index (Phi) is 6.09. The van der Waals surface area contributed by atoms with E-state index in [-0.39, 0.29) is 12.7 Å². The van der Waals surface area contributed by atoms with Crippen molar-refractivity contribution in [3.63, 3.8) is 0 Å². The van der Waals surface area contributed by atoms with E-state index < -0.39 is 30.3 Å². The zero-order valence-corrected chi connectivity index (χ0v) is 9.10. The lowest BCUT2D eigenvalue weighted by molar-refractivity contribution is -0.147. The topological polar surface area (TPSA) is 113 Å². The van der Waals surface area contributed by atoms with Gasteiger partial charge in [-0.1, -0.05) is 0 Å². The number of aliphatic carboxylic acids is 2. The molecule has 0 heterocycles. The second-order valence-electron chi connectivity index (χ2n) is 3.42. The Labute approximate surface area is 92.4 Å². The van der Waals surface area contributed by atoms with Gasteiger partial charge in [-0.05, 0) is 13.8 Å². The number of carboxylic acid groups (broad SMARTS) is 2. The minimum atomic E-state index is -1.43. The molecule has 1 atom stereocenters. The molecule has 92 valence electrons. The van der Waals surface area contributed by atoms with Crippen LogP contribution in [0.1, 0.15) is 20.3 Å². The van der Waals surface area contributed by atoms with Gasteiger partial charge in [-0.15, -0.1) is 0 Å². The molecule has 7 nitrogen and oxygen atoms in total. The monoisotopic (exact) mass is 233 g/mol. The molecule has 16 heavy (non-hydrogen) atoms. The van der Waals surface area contributed by atoms with E-state index in [4.69, 9.17) is 14.9 Å². The van der Waals surface area contributed by atoms with Crippen molar-refractivity contribution in [2.24, 2.45) is 0 Å². The molecule has 0 rings (SSSR count). The maximum absolute atomic E-state index is 11.2. The van der Waals surface area contributed by atoms with Crippen LogP contribution in [0.15, 0.2) is 0 Å². The first kappa shape index (κ1) is 14.4. The van der Waals surface area contributed by atoms with Gasteiger partial charge in [0.1, 0.15) is 12.6 Å². The van der Waals surface area contributed by atoms with Gasteiger partial charge in [-0.25, -0.2) is 4.79 Å². The number of carboxylic acids is 2. The van der Waals surface area contributed by atoms with E-state index in [9.17, 15) is 14.4 Å². The summed E-state index contributed by atoms with van der Waals surface area (Å²) in [6, 6.07) is -1.43. The zero-order valence-electron chi connectivity index (χ0n) is 9.10. The van der Waals surface area contributed by atoms with Crippen molar-refractivity contribution in [3.8, 4) is 0 Å². The van der Waals surface area contributed by atoms with Crippen molar-refractivity contribution in [1.82, 2.24) is 5.32 Å². The zero-order chi connectivity index (χ0) is 12.7. The Morgan fingerprint density at radius 3 is 2.19 bits per heavy atom. The molecule has 0 spiro atoms. The Balaban J connectivity index is 4.13. The smallest absolute Gasteiger partial charge is 0.326 e. The molecule has 3 N–H and O–H groups in total. The van der Waals surface area contributed by atoms with E-state index in [0.717, 1.165) is 0 Å². The molecule has 0 radical (unpaired) electrons. The van der Waals surface area contributed by atoms with E-state index in [2.05, 4.69) is 5.32 Å². The summed E-state index contributed by atoms with van der Waals surface area (Å²) >= 11 is 0. The molecular formula is C9H15NO6. The fourth-order valence-electron chi connectivity index (χ4n) is 0.853. The number of nitrogens with one attached hydrogen (secondary N) is 1. The summed E-state index contributed by atoms with van der Waals surface area (Å²) in [6.07, 6.45) is -0.823. The van der Waals surface area contributed by atoms with Crippen LogP contribution in [0.4, 0.5) is 0 Å². The average Bonchev–Trinajstić information content (AvgIpc) is 2.12. The highest BCUT2D eigenvalue weighted by Crippen LogP contribution is 1.94. The van der Waals surface area contributed by atoms with Crippen LogP contribution in [-0.2, 0) is 19.1 Å². The number of carbonyl (C=O) groups is 3. The highest BCUT2D eigenvalue weighted by atomic mass is 16.5. The van der Waals surface area contributed by atoms with Gasteiger partial charge in [-0.2, -0.15) is 0 Å². The normalized spacial score (nSPS) is 12.2. The van der Waals surface area contributed by atoms with Gasteiger partial charge in [0, 0.05) is 0 Å². The van der Waals surface area contributed by atoms with Crippen molar-refractivity contribution < 1.29 is 29.3 Å². The molecule has 0 fully saturated rings. The summed E-state index contributed by atoms with van der Waals surface area (Å²) in [7, 11) is 0. The lowest BCUT2D eigenvalue weighted by Gasteiger charge is -2.13. The van der Waals surface area contributed by atoms with Crippen LogP contribution in [0.25, 0.3) is 0 Å². The molecule has 1 unspecified atom stereocenters. The second-order valence-corrected chi connectivity index (χ2v) is 3.42. The molecule has 7 heteroatoms. The van der Waals surface area contributed by atoms with Crippen LogP contribution in [0.3, 0.4) is 0 Å². The molecule has 0 aliphatic rings. The molecular weight excluding hydrogens is 218 g/mol. The number of rotatable bonds is 7. The van der Waals surface area contributed by atoms with Gasteiger partial charge >= 0.3 is 11.9 Å². The van der Waals surface area contributed by atoms with Crippen molar-refractivity contribution in [2.75, 3.05) is 6.61 Å². The third kappa shape index (κ3) is 6.77. The summed E-state index contributed by atoms with van der Waals surface area (Å²) in [5.41, 5.74) is 0. The maximum atomic E-state index is 11.2. The fraction of sp³-hybridized carbons (Fsp3) is 0.667.